The van der Waals surface area contributed by atoms with E-state index in [2.05, 4.69) is 0 Å². The topological polar surface area (TPSA) is 37.3 Å². The first kappa shape index (κ1) is 82.4. The number of halogens is 37. The van der Waals surface area contributed by atoms with E-state index >= 15 is 0 Å². The van der Waals surface area contributed by atoms with Crippen molar-refractivity contribution in [3.63, 3.8) is 0 Å². The van der Waals surface area contributed by atoms with E-state index in [0.29, 0.717) is 61.1 Å². The van der Waals surface area contributed by atoms with Crippen LogP contribution in [0.15, 0.2) is 48.5 Å². The molecule has 0 radical (unpaired) electrons. The van der Waals surface area contributed by atoms with Gasteiger partial charge in [0.25, 0.3) is 0 Å². The van der Waals surface area contributed by atoms with Crippen molar-refractivity contribution in [2.75, 3.05) is 12.8 Å². The Bertz CT molecular complexity index is 3990. The van der Waals surface area contributed by atoms with Crippen molar-refractivity contribution in [1.29, 1.82) is 0 Å². The molecular weight excluding hydrogens is 1490 g/mol. The maximum absolute atomic E-state index is 13.4. The fourth-order valence-electron chi connectivity index (χ4n) is 7.62. The molecule has 0 fully saturated rings. The van der Waals surface area contributed by atoms with Crippen molar-refractivity contribution >= 4 is 28.7 Å². The molecule has 0 bridgehead atoms. The molecule has 0 saturated carbocycles. The van der Waals surface area contributed by atoms with Crippen molar-refractivity contribution in [3.8, 4) is 44.5 Å². The zero-order chi connectivity index (χ0) is 75.9. The van der Waals surface area contributed by atoms with Crippen LogP contribution in [0, 0.1) is 215 Å². The predicted molar refractivity (Wildman–Crippen MR) is 269 cm³/mol. The number of benzene rings is 9. The van der Waals surface area contributed by atoms with Gasteiger partial charge in [0.05, 0.1) is 27.6 Å². The van der Waals surface area contributed by atoms with Crippen LogP contribution in [0.25, 0.3) is 44.5 Å². The van der Waals surface area contributed by atoms with E-state index in [9.17, 15) is 162 Å². The molecule has 1 atom stereocenters. The normalized spacial score (nSPS) is 11.1. The van der Waals surface area contributed by atoms with Crippen LogP contribution < -0.4 is 5.30 Å². The number of rotatable bonds is 7. The molecule has 9 rings (SSSR count). The second-order valence-corrected chi connectivity index (χ2v) is 20.6. The minimum atomic E-state index is -2.44. The van der Waals surface area contributed by atoms with Crippen molar-refractivity contribution < 1.29 is 170 Å². The van der Waals surface area contributed by atoms with Crippen LogP contribution in [0.5, 0.6) is 0 Å². The first-order valence-electron chi connectivity index (χ1n) is 24.8. The number of hydrogen-bond acceptors (Lipinski definition) is 1. The zero-order valence-electron chi connectivity index (χ0n) is 46.9. The van der Waals surface area contributed by atoms with E-state index in [1.54, 1.807) is 6.92 Å². The Hall–Kier alpha value is -9.05. The Labute approximate surface area is 532 Å². The summed E-state index contributed by atoms with van der Waals surface area (Å²) in [5.41, 5.74) is -11.8. The van der Waals surface area contributed by atoms with Gasteiger partial charge >= 0.3 is 23.4 Å². The van der Waals surface area contributed by atoms with Crippen LogP contribution in [0.2, 0.25) is 0 Å². The molecule has 41 heteroatoms. The summed E-state index contributed by atoms with van der Waals surface area (Å²) in [6.45, 7) is 3.28. The quantitative estimate of drug-likeness (QED) is 0.0568. The van der Waals surface area contributed by atoms with Gasteiger partial charge < -0.3 is 0 Å². The summed E-state index contributed by atoms with van der Waals surface area (Å²) < 4.78 is 499. The molecule has 530 valence electrons. The molecule has 1 unspecified atom stereocenters. The van der Waals surface area contributed by atoms with Crippen LogP contribution in [0.3, 0.4) is 0 Å². The molecule has 1 N–H and O–H groups in total. The number of hydrogen-bond donors (Lipinski definition) is 1. The third-order valence-electron chi connectivity index (χ3n) is 12.2. The monoisotopic (exact) mass is 1510 g/mol. The summed E-state index contributed by atoms with van der Waals surface area (Å²) in [7, 11) is -1.36. The molecule has 0 aromatic heterocycles. The molecule has 0 saturated heterocycles. The minimum absolute atomic E-state index is 0.297. The summed E-state index contributed by atoms with van der Waals surface area (Å²) in [6.07, 6.45) is 1.05. The van der Waals surface area contributed by atoms with Gasteiger partial charge in [-0.05, 0) is 61.4 Å². The predicted octanol–water partition coefficient (Wildman–Crippen LogP) is 20.3. The van der Waals surface area contributed by atoms with Gasteiger partial charge in [0.1, 0.15) is 0 Å². The van der Waals surface area contributed by atoms with Gasteiger partial charge in [-0.1, -0.05) is 21.3 Å². The van der Waals surface area contributed by atoms with E-state index in [4.69, 9.17) is 7.96 Å². The Morgan fingerprint density at radius 3 is 0.535 bits per heavy atom. The van der Waals surface area contributed by atoms with Crippen LogP contribution in [0.1, 0.15) is 13.3 Å². The first-order valence-corrected chi connectivity index (χ1v) is 27.8. The van der Waals surface area contributed by atoms with Gasteiger partial charge in [0.2, 0.25) is 29.1 Å². The Balaban J connectivity index is 0.000000260. The standard InChI is InChI=1S/4C12H2F8.C10H10F5P.Al.H2O.O/c4*13-4-2-1-3(6(14)7(4)15)5-8(16)10(18)12(20)11(19)9(5)17;1-3-4-16(2)10-8(14)6(12)5(11)7(13)9(10)15;;;/h4*1-2H;3-4H2,1-2H3;;1H2;/q;;;;;+1;;/p-1. The second kappa shape index (κ2) is 33.7. The maximum atomic E-state index is 13.4. The third kappa shape index (κ3) is 16.5. The molecule has 0 aliphatic heterocycles. The van der Waals surface area contributed by atoms with Crippen LogP contribution in [-0.2, 0) is 3.80 Å². The van der Waals surface area contributed by atoms with Crippen LogP contribution in [0.4, 0.5) is 162 Å². The summed E-state index contributed by atoms with van der Waals surface area (Å²) >= 11 is -1.50. The average molecular weight is 1510 g/mol. The molecule has 99 heavy (non-hydrogen) atoms. The molecule has 0 spiro atoms. The summed E-state index contributed by atoms with van der Waals surface area (Å²) in [4.78, 5) is 0. The van der Waals surface area contributed by atoms with Crippen molar-refractivity contribution in [2.24, 2.45) is 0 Å². The molecule has 0 aliphatic rings. The van der Waals surface area contributed by atoms with Crippen LogP contribution >= 0.6 is 7.92 Å². The summed E-state index contributed by atoms with van der Waals surface area (Å²) in [5.74, 6) is -79.5. The molecular formula is C58H19AlF37O2P. The molecule has 2 nitrogen and oxygen atoms in total. The van der Waals surface area contributed by atoms with E-state index in [-0.39, 0.29) is 0 Å². The van der Waals surface area contributed by atoms with E-state index in [0.717, 1.165) is 0 Å². The second-order valence-electron chi connectivity index (χ2n) is 18.1. The Kier molecular flexibility index (Phi) is 28.0. The Morgan fingerprint density at radius 1 is 0.242 bits per heavy atom. The van der Waals surface area contributed by atoms with Gasteiger partial charge in [-0.3, -0.25) is 0 Å². The van der Waals surface area contributed by atoms with Gasteiger partial charge in [-0.25, -0.2) is 162 Å². The van der Waals surface area contributed by atoms with E-state index in [1.165, 1.54) is 6.66 Å². The fraction of sp³-hybridized carbons (Fsp3) is 0.0690. The van der Waals surface area contributed by atoms with Gasteiger partial charge in [-0.15, -0.1) is 0 Å². The Morgan fingerprint density at radius 2 is 0.384 bits per heavy atom. The SMILES string of the molecule is CCCP(C)c1c(F)c(F)c(F)c(F)c1F.Fc1ccc(-c2c(F)c(F)c(F)c(F)c2F)c(F)c1F.Fc1ccc(-c2c(F)c(F)c(F)c(F)c2F)c(F)c1F.Fc1ccc(-c2c(F)c(F)c(F)c(F)c2F)c(F)c1F.Fc1ccc(-c2c(F)c(F)c(F)c(F)c2F)c(F)c1F.[O]=[Al][OH]. The molecule has 0 aliphatic carbocycles. The average Bonchev–Trinajstić information content (AvgIpc) is 0.793. The molecule has 9 aromatic carbocycles. The fourth-order valence-corrected chi connectivity index (χ4v) is 9.38. The third-order valence-corrected chi connectivity index (χ3v) is 14.5. The van der Waals surface area contributed by atoms with Gasteiger partial charge in [0.15, 0.2) is 186 Å². The van der Waals surface area contributed by atoms with Gasteiger partial charge in [0, 0.05) is 22.3 Å². The molecule has 9 aromatic rings. The van der Waals surface area contributed by atoms with Crippen molar-refractivity contribution in [1.82, 2.24) is 0 Å². The summed E-state index contributed by atoms with van der Waals surface area (Å²) in [6, 6.07) is 2.66. The van der Waals surface area contributed by atoms with E-state index < -0.39 is 288 Å². The van der Waals surface area contributed by atoms with Crippen molar-refractivity contribution in [3.05, 3.63) is 264 Å². The van der Waals surface area contributed by atoms with Crippen molar-refractivity contribution in [2.45, 2.75) is 13.3 Å². The summed E-state index contributed by atoms with van der Waals surface area (Å²) in [5, 5.41) is -0.659. The van der Waals surface area contributed by atoms with E-state index in [1.807, 2.05) is 0 Å². The van der Waals surface area contributed by atoms with Crippen LogP contribution in [-0.4, -0.2) is 32.5 Å². The zero-order valence-corrected chi connectivity index (χ0v) is 48.9. The molecule has 0 amide bonds. The molecule has 0 heterocycles. The van der Waals surface area contributed by atoms with Gasteiger partial charge in [-0.2, -0.15) is 0 Å². The first-order chi connectivity index (χ1) is 45.9.